The second-order valence-electron chi connectivity index (χ2n) is 10.5. The van der Waals surface area contributed by atoms with E-state index in [1.165, 1.54) is 6.92 Å². The topological polar surface area (TPSA) is 93.2 Å². The first kappa shape index (κ1) is 20.1. The first-order valence-corrected chi connectivity index (χ1v) is 11.0. The Kier molecular flexibility index (Phi) is 3.97. The van der Waals surface area contributed by atoms with Gasteiger partial charge in [-0.1, -0.05) is 25.5 Å². The molecule has 3 saturated carbocycles. The van der Waals surface area contributed by atoms with Gasteiger partial charge in [-0.3, -0.25) is 14.4 Å². The predicted molar refractivity (Wildman–Crippen MR) is 107 cm³/mol. The number of hydrogen-bond acceptors (Lipinski definition) is 6. The van der Waals surface area contributed by atoms with Gasteiger partial charge in [0.1, 0.15) is 11.2 Å². The molecule has 1 aliphatic heterocycles. The maximum absolute atomic E-state index is 13.1. The Morgan fingerprint density at radius 2 is 2.03 bits per heavy atom. The summed E-state index contributed by atoms with van der Waals surface area (Å²) >= 11 is 0. The smallest absolute Gasteiger partial charge is 0.303 e. The van der Waals surface area contributed by atoms with Crippen LogP contribution in [-0.2, 0) is 23.9 Å². The number of rotatable bonds is 3. The highest BCUT2D eigenvalue weighted by atomic mass is 16.6. The monoisotopic (exact) mass is 414 g/mol. The molecule has 6 heteroatoms. The van der Waals surface area contributed by atoms with Gasteiger partial charge in [-0.25, -0.2) is 0 Å². The quantitative estimate of drug-likeness (QED) is 0.564. The van der Waals surface area contributed by atoms with Crippen LogP contribution in [0.15, 0.2) is 23.8 Å². The van der Waals surface area contributed by atoms with Crippen molar-refractivity contribution in [2.45, 2.75) is 70.7 Å². The molecular formula is C24H30O6. The summed E-state index contributed by atoms with van der Waals surface area (Å²) in [5.41, 5.74) is -1.71. The Labute approximate surface area is 176 Å². The van der Waals surface area contributed by atoms with E-state index in [0.717, 1.165) is 24.8 Å². The molecule has 1 heterocycles. The number of allylic oxidation sites excluding steroid dienone is 2. The number of epoxide rings is 1. The second kappa shape index (κ2) is 5.92. The van der Waals surface area contributed by atoms with Crippen molar-refractivity contribution >= 4 is 17.5 Å². The molecular weight excluding hydrogens is 384 g/mol. The van der Waals surface area contributed by atoms with Crippen molar-refractivity contribution in [3.63, 3.8) is 0 Å². The molecule has 4 aliphatic carbocycles. The van der Waals surface area contributed by atoms with E-state index in [2.05, 4.69) is 6.92 Å². The maximum Gasteiger partial charge on any atom is 0.303 e. The van der Waals surface area contributed by atoms with Crippen LogP contribution in [0.4, 0.5) is 0 Å². The summed E-state index contributed by atoms with van der Waals surface area (Å²) in [7, 11) is 0. The highest BCUT2D eigenvalue weighted by Gasteiger charge is 2.81. The third-order valence-corrected chi connectivity index (χ3v) is 9.35. The molecule has 1 saturated heterocycles. The number of hydrogen-bond donors (Lipinski definition) is 1. The van der Waals surface area contributed by atoms with Gasteiger partial charge in [0.05, 0.1) is 6.10 Å². The van der Waals surface area contributed by atoms with E-state index in [4.69, 9.17) is 9.47 Å². The minimum Gasteiger partial charge on any atom is -0.458 e. The molecule has 8 atom stereocenters. The fourth-order valence-electron chi connectivity index (χ4n) is 7.85. The number of ketones is 2. The van der Waals surface area contributed by atoms with Crippen LogP contribution in [0.25, 0.3) is 0 Å². The van der Waals surface area contributed by atoms with Gasteiger partial charge in [0.25, 0.3) is 0 Å². The Bertz CT molecular complexity index is 919. The molecule has 0 unspecified atom stereocenters. The highest BCUT2D eigenvalue weighted by Crippen LogP contribution is 2.76. The number of aliphatic hydroxyl groups is 1. The van der Waals surface area contributed by atoms with Crippen LogP contribution in [0.1, 0.15) is 53.4 Å². The largest absolute Gasteiger partial charge is 0.458 e. The van der Waals surface area contributed by atoms with Crippen LogP contribution < -0.4 is 0 Å². The summed E-state index contributed by atoms with van der Waals surface area (Å²) in [5.74, 6) is -0.783. The Hall–Kier alpha value is -1.79. The van der Waals surface area contributed by atoms with Crippen LogP contribution in [-0.4, -0.2) is 46.6 Å². The van der Waals surface area contributed by atoms with Crippen molar-refractivity contribution in [3.05, 3.63) is 23.8 Å². The van der Waals surface area contributed by atoms with E-state index < -0.39 is 29.4 Å². The SMILES string of the molecule is CC(=O)OCC(=O)[C@@]1(O)[C@@H](C)C[C@H]2[C@@H]3CCC4=CC(=O)C=C[C@]4(C)[C@@]34O[C@@H]4C[C@@]21C. The van der Waals surface area contributed by atoms with Crippen LogP contribution in [0.2, 0.25) is 0 Å². The van der Waals surface area contributed by atoms with E-state index in [9.17, 15) is 19.5 Å². The molecule has 5 rings (SSSR count). The van der Waals surface area contributed by atoms with Crippen molar-refractivity contribution < 1.29 is 29.0 Å². The molecule has 0 radical (unpaired) electrons. The maximum atomic E-state index is 13.1. The molecule has 0 aromatic heterocycles. The average Bonchev–Trinajstić information content (AvgIpc) is 3.36. The van der Waals surface area contributed by atoms with Crippen LogP contribution in [0.3, 0.4) is 0 Å². The zero-order valence-electron chi connectivity index (χ0n) is 18.1. The first-order chi connectivity index (χ1) is 14.0. The standard InChI is InChI=1S/C24H30O6/c1-13-9-18-17-6-5-15-10-16(26)7-8-21(15,3)24(17)20(30-24)11-22(18,4)23(13,28)19(27)12-29-14(2)25/h7-8,10,13,17-18,20,28H,5-6,9,11-12H2,1-4H3/t13-,17-,18-,20+,21-,22-,23-,24+/m0/s1. The van der Waals surface area contributed by atoms with Gasteiger partial charge < -0.3 is 14.6 Å². The van der Waals surface area contributed by atoms with Crippen LogP contribution in [0, 0.1) is 28.6 Å². The van der Waals surface area contributed by atoms with Crippen LogP contribution >= 0.6 is 0 Å². The van der Waals surface area contributed by atoms with Crippen molar-refractivity contribution in [3.8, 4) is 0 Å². The third kappa shape index (κ3) is 2.14. The Morgan fingerprint density at radius 1 is 1.30 bits per heavy atom. The molecule has 0 bridgehead atoms. The summed E-state index contributed by atoms with van der Waals surface area (Å²) in [6.07, 6.45) is 8.43. The lowest BCUT2D eigenvalue weighted by molar-refractivity contribution is -0.170. The van der Waals surface area contributed by atoms with Gasteiger partial charge in [0.15, 0.2) is 12.4 Å². The number of carbonyl (C=O) groups excluding carboxylic acids is 3. The minimum atomic E-state index is -1.54. The van der Waals surface area contributed by atoms with Crippen LogP contribution in [0.5, 0.6) is 0 Å². The molecule has 4 fully saturated rings. The second-order valence-corrected chi connectivity index (χ2v) is 10.5. The molecule has 162 valence electrons. The summed E-state index contributed by atoms with van der Waals surface area (Å²) < 4.78 is 11.4. The van der Waals surface area contributed by atoms with Gasteiger partial charge in [0.2, 0.25) is 5.78 Å². The molecule has 1 spiro atoms. The number of esters is 1. The molecule has 0 amide bonds. The Morgan fingerprint density at radius 3 is 2.73 bits per heavy atom. The predicted octanol–water partition coefficient (Wildman–Crippen LogP) is 2.53. The van der Waals surface area contributed by atoms with Gasteiger partial charge in [-0.05, 0) is 62.5 Å². The van der Waals surface area contributed by atoms with Crippen molar-refractivity contribution in [1.29, 1.82) is 0 Å². The summed E-state index contributed by atoms with van der Waals surface area (Å²) in [4.78, 5) is 36.3. The number of carbonyl (C=O) groups is 3. The lowest BCUT2D eigenvalue weighted by Gasteiger charge is -2.55. The Balaban J connectivity index is 1.52. The molecule has 6 nitrogen and oxygen atoms in total. The van der Waals surface area contributed by atoms with Gasteiger partial charge in [-0.15, -0.1) is 0 Å². The van der Waals surface area contributed by atoms with E-state index in [-0.39, 0.29) is 40.7 Å². The molecule has 5 aliphatic rings. The van der Waals surface area contributed by atoms with Gasteiger partial charge >= 0.3 is 5.97 Å². The van der Waals surface area contributed by atoms with Crippen molar-refractivity contribution in [1.82, 2.24) is 0 Å². The van der Waals surface area contributed by atoms with E-state index in [1.54, 1.807) is 12.2 Å². The minimum absolute atomic E-state index is 0.0371. The molecule has 0 aromatic carbocycles. The number of Topliss-reactive ketones (excluding diaryl/α,β-unsaturated/α-hetero) is 1. The molecule has 30 heavy (non-hydrogen) atoms. The lowest BCUT2D eigenvalue weighted by atomic mass is 9.46. The summed E-state index contributed by atoms with van der Waals surface area (Å²) in [5, 5.41) is 11.8. The molecule has 0 aromatic rings. The van der Waals surface area contributed by atoms with Gasteiger partial charge in [-0.2, -0.15) is 0 Å². The highest BCUT2D eigenvalue weighted by molar-refractivity contribution is 6.01. The number of fused-ring (bicyclic) bond motifs is 3. The average molecular weight is 414 g/mol. The lowest BCUT2D eigenvalue weighted by Crippen LogP contribution is -2.62. The molecule has 1 N–H and O–H groups in total. The fourth-order valence-corrected chi connectivity index (χ4v) is 7.85. The van der Waals surface area contributed by atoms with E-state index in [0.29, 0.717) is 6.42 Å². The zero-order valence-corrected chi connectivity index (χ0v) is 18.1. The normalized spacial score (nSPS) is 50.6. The van der Waals surface area contributed by atoms with Crippen molar-refractivity contribution in [2.75, 3.05) is 6.61 Å². The zero-order chi connectivity index (χ0) is 21.7. The van der Waals surface area contributed by atoms with Crippen molar-refractivity contribution in [2.24, 2.45) is 28.6 Å². The summed E-state index contributed by atoms with van der Waals surface area (Å²) in [6.45, 7) is 7.00. The third-order valence-electron chi connectivity index (χ3n) is 9.35. The van der Waals surface area contributed by atoms with Gasteiger partial charge in [0, 0.05) is 17.8 Å². The summed E-state index contributed by atoms with van der Waals surface area (Å²) in [6, 6.07) is 0. The number of ether oxygens (including phenoxy) is 2. The first-order valence-electron chi connectivity index (χ1n) is 11.0. The van der Waals surface area contributed by atoms with E-state index in [1.807, 2.05) is 19.9 Å². The van der Waals surface area contributed by atoms with E-state index >= 15 is 0 Å². The fraction of sp³-hybridized carbons (Fsp3) is 0.708.